The third-order valence-corrected chi connectivity index (χ3v) is 4.57. The van der Waals surface area contributed by atoms with Crippen LogP contribution >= 0.6 is 12.4 Å². The van der Waals surface area contributed by atoms with Gasteiger partial charge in [-0.3, -0.25) is 0 Å². The molecule has 6 nitrogen and oxygen atoms in total. The number of nitriles is 2. The normalized spacial score (nSPS) is 9.82. The fraction of sp³-hybridized carbons (Fsp3) is 0. The van der Waals surface area contributed by atoms with Crippen molar-refractivity contribution in [2.75, 3.05) is 10.6 Å². The number of aromatic nitrogens is 2. The number of nitrogens with one attached hydrogen (secondary N) is 2. The Morgan fingerprint density at radius 1 is 0.727 bits per heavy atom. The van der Waals surface area contributed by atoms with E-state index in [9.17, 15) is 8.78 Å². The molecular weight excluding hydrogens is 446 g/mol. The highest BCUT2D eigenvalue weighted by Crippen LogP contribution is 2.29. The lowest BCUT2D eigenvalue weighted by atomic mass is 10.0. The Morgan fingerprint density at radius 3 is 1.88 bits per heavy atom. The quantitative estimate of drug-likeness (QED) is 0.375. The molecule has 1 heterocycles. The van der Waals surface area contributed by atoms with Crippen molar-refractivity contribution in [3.05, 3.63) is 95.7 Å². The summed E-state index contributed by atoms with van der Waals surface area (Å²) in [6, 6.07) is 21.1. The standard InChI is InChI=1S/C24H14F2N6.ClH/c25-20-11-18(17-5-1-15(13-27)2-6-17)12-21(26)23(20)31-22-9-10-29-24(32-22)30-19-7-3-16(14-28)4-8-19;/h1-12H,(H2,29,30,31,32);1H. The second-order valence-electron chi connectivity index (χ2n) is 6.71. The minimum absolute atomic E-state index is 0. The van der Waals surface area contributed by atoms with Gasteiger partial charge in [0, 0.05) is 11.9 Å². The second kappa shape index (κ2) is 10.2. The molecule has 1 aromatic heterocycles. The zero-order valence-electron chi connectivity index (χ0n) is 16.9. The van der Waals surface area contributed by atoms with Gasteiger partial charge in [-0.05, 0) is 65.7 Å². The summed E-state index contributed by atoms with van der Waals surface area (Å²) in [7, 11) is 0. The van der Waals surface area contributed by atoms with Crippen LogP contribution in [0.1, 0.15) is 11.1 Å². The topological polar surface area (TPSA) is 97.4 Å². The van der Waals surface area contributed by atoms with Gasteiger partial charge in [-0.2, -0.15) is 15.5 Å². The number of hydrogen-bond acceptors (Lipinski definition) is 6. The van der Waals surface area contributed by atoms with Crippen molar-refractivity contribution in [1.82, 2.24) is 9.97 Å². The van der Waals surface area contributed by atoms with Crippen LogP contribution in [0.5, 0.6) is 0 Å². The Hall–Kier alpha value is -4.53. The molecule has 0 aliphatic heterocycles. The fourth-order valence-electron chi connectivity index (χ4n) is 2.97. The molecule has 4 rings (SSSR count). The maximum atomic E-state index is 14.7. The summed E-state index contributed by atoms with van der Waals surface area (Å²) in [6.07, 6.45) is 1.45. The van der Waals surface area contributed by atoms with Gasteiger partial charge in [0.1, 0.15) is 23.1 Å². The zero-order chi connectivity index (χ0) is 22.5. The van der Waals surface area contributed by atoms with Crippen molar-refractivity contribution in [3.63, 3.8) is 0 Å². The average Bonchev–Trinajstić information content (AvgIpc) is 2.82. The molecule has 0 saturated heterocycles. The van der Waals surface area contributed by atoms with Crippen molar-refractivity contribution >= 4 is 35.5 Å². The molecule has 0 amide bonds. The largest absolute Gasteiger partial charge is 0.335 e. The molecular formula is C24H15ClF2N6. The highest BCUT2D eigenvalue weighted by Gasteiger charge is 2.14. The molecule has 33 heavy (non-hydrogen) atoms. The lowest BCUT2D eigenvalue weighted by Crippen LogP contribution is -2.03. The van der Waals surface area contributed by atoms with E-state index in [2.05, 4.69) is 20.6 Å². The number of nitrogens with zero attached hydrogens (tertiary/aromatic N) is 4. The number of anilines is 4. The van der Waals surface area contributed by atoms with Crippen molar-refractivity contribution in [1.29, 1.82) is 10.5 Å². The smallest absolute Gasteiger partial charge is 0.229 e. The van der Waals surface area contributed by atoms with Crippen LogP contribution in [0.15, 0.2) is 72.9 Å². The van der Waals surface area contributed by atoms with Crippen LogP contribution < -0.4 is 10.6 Å². The van der Waals surface area contributed by atoms with Gasteiger partial charge in [0.15, 0.2) is 0 Å². The summed E-state index contributed by atoms with van der Waals surface area (Å²) in [5, 5.41) is 23.4. The molecule has 162 valence electrons. The first kappa shape index (κ1) is 23.1. The van der Waals surface area contributed by atoms with Gasteiger partial charge in [-0.1, -0.05) is 12.1 Å². The minimum Gasteiger partial charge on any atom is -0.335 e. The van der Waals surface area contributed by atoms with E-state index in [0.29, 0.717) is 27.9 Å². The first-order valence-corrected chi connectivity index (χ1v) is 9.42. The number of rotatable bonds is 5. The summed E-state index contributed by atoms with van der Waals surface area (Å²) in [5.74, 6) is -1.16. The van der Waals surface area contributed by atoms with Crippen LogP contribution in [-0.2, 0) is 0 Å². The maximum Gasteiger partial charge on any atom is 0.229 e. The fourth-order valence-corrected chi connectivity index (χ4v) is 2.97. The number of benzene rings is 3. The van der Waals surface area contributed by atoms with Gasteiger partial charge in [0.25, 0.3) is 0 Å². The lowest BCUT2D eigenvalue weighted by Gasteiger charge is -2.12. The van der Waals surface area contributed by atoms with Crippen molar-refractivity contribution < 1.29 is 8.78 Å². The molecule has 0 radical (unpaired) electrons. The monoisotopic (exact) mass is 460 g/mol. The Kier molecular flexibility index (Phi) is 7.14. The summed E-state index contributed by atoms with van der Waals surface area (Å²) in [6.45, 7) is 0. The molecule has 0 saturated carbocycles. The number of halogens is 3. The van der Waals surface area contributed by atoms with Crippen molar-refractivity contribution in [2.45, 2.75) is 0 Å². The molecule has 2 N–H and O–H groups in total. The Morgan fingerprint density at radius 2 is 1.30 bits per heavy atom. The first-order chi connectivity index (χ1) is 15.6. The molecule has 0 bridgehead atoms. The van der Waals surface area contributed by atoms with E-state index in [0.717, 1.165) is 0 Å². The predicted molar refractivity (Wildman–Crippen MR) is 124 cm³/mol. The van der Waals surface area contributed by atoms with Crippen LogP contribution in [0, 0.1) is 34.3 Å². The van der Waals surface area contributed by atoms with Crippen LogP contribution in [0.4, 0.5) is 31.9 Å². The molecule has 0 aliphatic rings. The van der Waals surface area contributed by atoms with Gasteiger partial charge < -0.3 is 10.6 Å². The van der Waals surface area contributed by atoms with Crippen LogP contribution in [0.2, 0.25) is 0 Å². The average molecular weight is 461 g/mol. The summed E-state index contributed by atoms with van der Waals surface area (Å²) >= 11 is 0. The van der Waals surface area contributed by atoms with Gasteiger partial charge in [0.2, 0.25) is 5.95 Å². The van der Waals surface area contributed by atoms with E-state index in [1.807, 2.05) is 12.1 Å². The molecule has 0 fully saturated rings. The highest BCUT2D eigenvalue weighted by molar-refractivity contribution is 5.85. The summed E-state index contributed by atoms with van der Waals surface area (Å²) < 4.78 is 29.4. The van der Waals surface area contributed by atoms with Crippen LogP contribution in [0.3, 0.4) is 0 Å². The maximum absolute atomic E-state index is 14.7. The van der Waals surface area contributed by atoms with Crippen molar-refractivity contribution in [3.8, 4) is 23.3 Å². The summed E-state index contributed by atoms with van der Waals surface area (Å²) in [4.78, 5) is 8.32. The van der Waals surface area contributed by atoms with E-state index >= 15 is 0 Å². The Labute approximate surface area is 194 Å². The molecule has 0 atom stereocenters. The Bertz CT molecular complexity index is 1340. The molecule has 9 heteroatoms. The Balaban J connectivity index is 0.00000306. The SMILES string of the molecule is Cl.N#Cc1ccc(Nc2nccc(Nc3c(F)cc(-c4ccc(C#N)cc4)cc3F)n2)cc1. The molecule has 0 spiro atoms. The van der Waals surface area contributed by atoms with Crippen LogP contribution in [0.25, 0.3) is 11.1 Å². The summed E-state index contributed by atoms with van der Waals surface area (Å²) in [5.41, 5.74) is 2.23. The minimum atomic E-state index is -0.787. The molecule has 0 unspecified atom stereocenters. The van der Waals surface area contributed by atoms with E-state index in [1.165, 1.54) is 24.4 Å². The van der Waals surface area contributed by atoms with Gasteiger partial charge in [-0.15, -0.1) is 12.4 Å². The zero-order valence-corrected chi connectivity index (χ0v) is 17.7. The van der Waals surface area contributed by atoms with E-state index in [-0.39, 0.29) is 29.9 Å². The second-order valence-corrected chi connectivity index (χ2v) is 6.71. The molecule has 0 aliphatic carbocycles. The van der Waals surface area contributed by atoms with E-state index < -0.39 is 11.6 Å². The predicted octanol–water partition coefficient (Wildman–Crippen LogP) is 6.07. The highest BCUT2D eigenvalue weighted by atomic mass is 35.5. The van der Waals surface area contributed by atoms with Gasteiger partial charge in [0.05, 0.1) is 23.3 Å². The molecule has 4 aromatic rings. The van der Waals surface area contributed by atoms with E-state index in [1.54, 1.807) is 48.5 Å². The van der Waals surface area contributed by atoms with Gasteiger partial charge in [-0.25, -0.2) is 13.8 Å². The van der Waals surface area contributed by atoms with Gasteiger partial charge >= 0.3 is 0 Å². The van der Waals surface area contributed by atoms with Crippen LogP contribution in [-0.4, -0.2) is 9.97 Å². The first-order valence-electron chi connectivity index (χ1n) is 9.42. The third kappa shape index (κ3) is 5.40. The number of hydrogen-bond donors (Lipinski definition) is 2. The lowest BCUT2D eigenvalue weighted by molar-refractivity contribution is 0.591. The van der Waals surface area contributed by atoms with Crippen molar-refractivity contribution in [2.24, 2.45) is 0 Å². The molecule has 3 aromatic carbocycles. The third-order valence-electron chi connectivity index (χ3n) is 4.57. The van der Waals surface area contributed by atoms with E-state index in [4.69, 9.17) is 10.5 Å².